The molecule has 0 spiro atoms. The van der Waals surface area contributed by atoms with Gasteiger partial charge in [0.1, 0.15) is 5.01 Å². The van der Waals surface area contributed by atoms with E-state index in [9.17, 15) is 0 Å². The molecule has 0 amide bonds. The van der Waals surface area contributed by atoms with Gasteiger partial charge in [-0.2, -0.15) is 0 Å². The van der Waals surface area contributed by atoms with Crippen LogP contribution in [-0.2, 0) is 6.54 Å². The van der Waals surface area contributed by atoms with Crippen LogP contribution in [0, 0.1) is 0 Å². The molecular weight excluding hydrogens is 323 g/mol. The summed E-state index contributed by atoms with van der Waals surface area (Å²) in [6.45, 7) is 0.626. The molecule has 0 bridgehead atoms. The van der Waals surface area contributed by atoms with Crippen LogP contribution in [0.3, 0.4) is 0 Å². The lowest BCUT2D eigenvalue weighted by molar-refractivity contribution is 1.15. The van der Waals surface area contributed by atoms with Crippen molar-refractivity contribution in [2.45, 2.75) is 6.54 Å². The van der Waals surface area contributed by atoms with Crippen molar-refractivity contribution in [3.8, 4) is 10.6 Å². The number of hydrogen-bond acceptors (Lipinski definition) is 3. The zero-order valence-electron chi connectivity index (χ0n) is 11.0. The van der Waals surface area contributed by atoms with E-state index in [1.54, 1.807) is 17.4 Å². The van der Waals surface area contributed by atoms with Crippen LogP contribution in [0.5, 0.6) is 0 Å². The van der Waals surface area contributed by atoms with E-state index in [4.69, 9.17) is 23.2 Å². The number of halogens is 2. The van der Waals surface area contributed by atoms with Gasteiger partial charge < -0.3 is 5.32 Å². The highest BCUT2D eigenvalue weighted by atomic mass is 35.5. The topological polar surface area (TPSA) is 24.9 Å². The van der Waals surface area contributed by atoms with Crippen molar-refractivity contribution < 1.29 is 0 Å². The van der Waals surface area contributed by atoms with Crippen LogP contribution < -0.4 is 5.32 Å². The standard InChI is InChI=1S/C16H12Cl2N2S/c17-13-4-5-15(18)12(8-13)10-20-14-3-1-2-11(9-14)16-19-6-7-21-16/h1-9,20H,10H2. The normalized spacial score (nSPS) is 10.6. The molecule has 5 heteroatoms. The lowest BCUT2D eigenvalue weighted by Crippen LogP contribution is -2.00. The first-order chi connectivity index (χ1) is 10.2. The van der Waals surface area contributed by atoms with E-state index >= 15 is 0 Å². The lowest BCUT2D eigenvalue weighted by atomic mass is 10.2. The van der Waals surface area contributed by atoms with Crippen LogP contribution in [-0.4, -0.2) is 4.98 Å². The molecule has 0 fully saturated rings. The quantitative estimate of drug-likeness (QED) is 0.659. The number of aromatic nitrogens is 1. The second-order valence-electron chi connectivity index (χ2n) is 4.51. The molecule has 0 atom stereocenters. The Kier molecular flexibility index (Phi) is 4.44. The van der Waals surface area contributed by atoms with Gasteiger partial charge in [0.15, 0.2) is 0 Å². The fourth-order valence-electron chi connectivity index (χ4n) is 2.00. The van der Waals surface area contributed by atoms with Crippen molar-refractivity contribution in [1.29, 1.82) is 0 Å². The Hall–Kier alpha value is -1.55. The van der Waals surface area contributed by atoms with Crippen molar-refractivity contribution in [3.63, 3.8) is 0 Å². The van der Waals surface area contributed by atoms with Crippen LogP contribution in [0.2, 0.25) is 10.0 Å². The summed E-state index contributed by atoms with van der Waals surface area (Å²) in [7, 11) is 0. The first-order valence-corrected chi connectivity index (χ1v) is 8.04. The van der Waals surface area contributed by atoms with E-state index in [2.05, 4.69) is 22.4 Å². The minimum atomic E-state index is 0.626. The molecule has 1 N–H and O–H groups in total. The highest BCUT2D eigenvalue weighted by Crippen LogP contribution is 2.26. The van der Waals surface area contributed by atoms with E-state index in [0.717, 1.165) is 21.8 Å². The molecule has 0 aliphatic carbocycles. The van der Waals surface area contributed by atoms with Crippen LogP contribution >= 0.6 is 34.5 Å². The van der Waals surface area contributed by atoms with E-state index in [-0.39, 0.29) is 0 Å². The van der Waals surface area contributed by atoms with E-state index in [1.807, 2.05) is 35.8 Å². The molecule has 106 valence electrons. The Morgan fingerprint density at radius 3 is 2.81 bits per heavy atom. The summed E-state index contributed by atoms with van der Waals surface area (Å²) < 4.78 is 0. The van der Waals surface area contributed by atoms with Gasteiger partial charge in [-0.25, -0.2) is 4.98 Å². The van der Waals surface area contributed by atoms with Gasteiger partial charge in [-0.3, -0.25) is 0 Å². The summed E-state index contributed by atoms with van der Waals surface area (Å²) in [5.74, 6) is 0. The van der Waals surface area contributed by atoms with Gasteiger partial charge in [-0.15, -0.1) is 11.3 Å². The summed E-state index contributed by atoms with van der Waals surface area (Å²) in [5.41, 5.74) is 3.11. The van der Waals surface area contributed by atoms with Gasteiger partial charge >= 0.3 is 0 Å². The predicted molar refractivity (Wildman–Crippen MR) is 91.3 cm³/mol. The first-order valence-electron chi connectivity index (χ1n) is 6.40. The van der Waals surface area contributed by atoms with Crippen LogP contribution in [0.25, 0.3) is 10.6 Å². The molecule has 0 unspecified atom stereocenters. The number of nitrogens with one attached hydrogen (secondary N) is 1. The zero-order chi connectivity index (χ0) is 14.7. The van der Waals surface area contributed by atoms with Gasteiger partial charge in [0.05, 0.1) is 0 Å². The largest absolute Gasteiger partial charge is 0.381 e. The summed E-state index contributed by atoms with van der Waals surface area (Å²) in [4.78, 5) is 4.32. The average Bonchev–Trinajstić information content (AvgIpc) is 3.03. The van der Waals surface area contributed by atoms with Gasteiger partial charge in [-0.1, -0.05) is 35.3 Å². The molecule has 3 rings (SSSR count). The molecule has 3 aromatic rings. The van der Waals surface area contributed by atoms with Gasteiger partial charge in [0.25, 0.3) is 0 Å². The highest BCUT2D eigenvalue weighted by molar-refractivity contribution is 7.13. The Labute approximate surface area is 137 Å². The smallest absolute Gasteiger partial charge is 0.123 e. The first kappa shape index (κ1) is 14.4. The third kappa shape index (κ3) is 3.56. The minimum Gasteiger partial charge on any atom is -0.381 e. The maximum Gasteiger partial charge on any atom is 0.123 e. The van der Waals surface area contributed by atoms with Crippen molar-refractivity contribution in [1.82, 2.24) is 4.98 Å². The maximum absolute atomic E-state index is 6.17. The molecule has 1 aromatic heterocycles. The maximum atomic E-state index is 6.17. The van der Waals surface area contributed by atoms with E-state index < -0.39 is 0 Å². The number of benzene rings is 2. The third-order valence-electron chi connectivity index (χ3n) is 3.03. The second kappa shape index (κ2) is 6.48. The highest BCUT2D eigenvalue weighted by Gasteiger charge is 2.04. The van der Waals surface area contributed by atoms with Gasteiger partial charge in [0, 0.05) is 39.4 Å². The molecule has 0 saturated carbocycles. The Morgan fingerprint density at radius 2 is 2.00 bits per heavy atom. The van der Waals surface area contributed by atoms with Gasteiger partial charge in [0.2, 0.25) is 0 Å². The number of hydrogen-bond donors (Lipinski definition) is 1. The number of anilines is 1. The van der Waals surface area contributed by atoms with Crippen LogP contribution in [0.4, 0.5) is 5.69 Å². The molecule has 2 aromatic carbocycles. The van der Waals surface area contributed by atoms with E-state index in [1.165, 1.54) is 0 Å². The average molecular weight is 335 g/mol. The monoisotopic (exact) mass is 334 g/mol. The fourth-order valence-corrected chi connectivity index (χ4v) is 3.02. The van der Waals surface area contributed by atoms with Crippen molar-refractivity contribution in [3.05, 3.63) is 69.7 Å². The Morgan fingerprint density at radius 1 is 1.10 bits per heavy atom. The summed E-state index contributed by atoms with van der Waals surface area (Å²) in [6, 6.07) is 13.6. The number of nitrogens with zero attached hydrogens (tertiary/aromatic N) is 1. The minimum absolute atomic E-state index is 0.626. The molecule has 21 heavy (non-hydrogen) atoms. The van der Waals surface area contributed by atoms with Crippen LogP contribution in [0.1, 0.15) is 5.56 Å². The van der Waals surface area contributed by atoms with E-state index in [0.29, 0.717) is 16.6 Å². The summed E-state index contributed by atoms with van der Waals surface area (Å²) >= 11 is 13.8. The molecule has 0 radical (unpaired) electrons. The SMILES string of the molecule is Clc1ccc(Cl)c(CNc2cccc(-c3nccs3)c2)c1. The Bertz CT molecular complexity index is 742. The molecule has 0 aliphatic heterocycles. The predicted octanol–water partition coefficient (Wildman–Crippen LogP) is 5.73. The molecule has 0 saturated heterocycles. The number of rotatable bonds is 4. The summed E-state index contributed by atoms with van der Waals surface area (Å²) in [6.07, 6.45) is 1.81. The Balaban J connectivity index is 1.76. The zero-order valence-corrected chi connectivity index (χ0v) is 13.3. The van der Waals surface area contributed by atoms with Gasteiger partial charge in [-0.05, 0) is 35.9 Å². The molecular formula is C16H12Cl2N2S. The van der Waals surface area contributed by atoms with Crippen molar-refractivity contribution in [2.75, 3.05) is 5.32 Å². The van der Waals surface area contributed by atoms with Crippen molar-refractivity contribution >= 4 is 40.2 Å². The third-order valence-corrected chi connectivity index (χ3v) is 4.46. The molecule has 2 nitrogen and oxygen atoms in total. The van der Waals surface area contributed by atoms with Crippen molar-refractivity contribution in [2.24, 2.45) is 0 Å². The fraction of sp³-hybridized carbons (Fsp3) is 0.0625. The second-order valence-corrected chi connectivity index (χ2v) is 6.25. The summed E-state index contributed by atoms with van der Waals surface area (Å²) in [5, 5.41) is 7.75. The van der Waals surface area contributed by atoms with Crippen LogP contribution in [0.15, 0.2) is 54.0 Å². The molecule has 0 aliphatic rings. The molecule has 1 heterocycles. The number of thiazole rings is 1. The lowest BCUT2D eigenvalue weighted by Gasteiger charge is -2.09.